The molecule has 2 aliphatic rings. The highest BCUT2D eigenvalue weighted by atomic mass is 16.2. The molecule has 7 heteroatoms. The highest BCUT2D eigenvalue weighted by Gasteiger charge is 2.52. The predicted octanol–water partition coefficient (Wildman–Crippen LogP) is 1.41. The van der Waals surface area contributed by atoms with Gasteiger partial charge in [0.1, 0.15) is 5.54 Å². The van der Waals surface area contributed by atoms with Crippen LogP contribution in [0.15, 0.2) is 54.6 Å². The lowest BCUT2D eigenvalue weighted by molar-refractivity contribution is -0.907. The topological polar surface area (TPSA) is 74.2 Å². The number of imide groups is 1. The number of Topliss-reactive ketones (excluding diaryl/α,β-unsaturated/α-hetero) is 1. The van der Waals surface area contributed by atoms with Gasteiger partial charge in [-0.1, -0.05) is 37.3 Å². The number of quaternary nitrogens is 1. The molecule has 0 unspecified atom stereocenters. The zero-order valence-corrected chi connectivity index (χ0v) is 18.1. The van der Waals surface area contributed by atoms with Crippen LogP contribution in [0, 0.1) is 0 Å². The summed E-state index contributed by atoms with van der Waals surface area (Å²) >= 11 is 0. The SMILES string of the molecule is CC[C@@]1(c2ccccc2)NC(=O)N(C[NH+]2CCN(c3ccc(C(C)=O)cc3)CC2)C1=O. The Bertz CT molecular complexity index is 968. The van der Waals surface area contributed by atoms with Crippen LogP contribution in [0.1, 0.15) is 36.2 Å². The van der Waals surface area contributed by atoms with Crippen LogP contribution in [0.4, 0.5) is 10.5 Å². The number of amides is 3. The minimum absolute atomic E-state index is 0.0630. The monoisotopic (exact) mass is 421 g/mol. The van der Waals surface area contributed by atoms with Crippen molar-refractivity contribution in [1.82, 2.24) is 10.2 Å². The molecule has 2 heterocycles. The third-order valence-electron chi connectivity index (χ3n) is 6.46. The molecule has 0 aliphatic carbocycles. The summed E-state index contributed by atoms with van der Waals surface area (Å²) in [5, 5.41) is 2.96. The molecular weight excluding hydrogens is 392 g/mol. The number of carbonyl (C=O) groups excluding carboxylic acids is 3. The number of rotatable bonds is 6. The molecule has 2 N–H and O–H groups in total. The van der Waals surface area contributed by atoms with E-state index in [1.807, 2.05) is 61.5 Å². The second kappa shape index (κ2) is 8.51. The van der Waals surface area contributed by atoms with Crippen molar-refractivity contribution < 1.29 is 19.3 Å². The molecule has 31 heavy (non-hydrogen) atoms. The normalized spacial score (nSPS) is 22.0. The molecule has 0 aromatic heterocycles. The van der Waals surface area contributed by atoms with Crippen molar-refractivity contribution in [2.45, 2.75) is 25.8 Å². The first-order chi connectivity index (χ1) is 14.9. The molecule has 3 amide bonds. The van der Waals surface area contributed by atoms with Crippen molar-refractivity contribution in [1.29, 1.82) is 0 Å². The first kappa shape index (κ1) is 21.1. The summed E-state index contributed by atoms with van der Waals surface area (Å²) in [4.78, 5) is 42.4. The number of nitrogens with one attached hydrogen (secondary N) is 2. The van der Waals surface area contributed by atoms with E-state index in [9.17, 15) is 14.4 Å². The molecular formula is C24H29N4O3+. The smallest absolute Gasteiger partial charge is 0.329 e. The number of hydrogen-bond donors (Lipinski definition) is 2. The Morgan fingerprint density at radius 1 is 1.03 bits per heavy atom. The summed E-state index contributed by atoms with van der Waals surface area (Å²) in [5.74, 6) is -0.103. The van der Waals surface area contributed by atoms with Crippen LogP contribution in [-0.4, -0.2) is 55.5 Å². The summed E-state index contributed by atoms with van der Waals surface area (Å²) in [6, 6.07) is 16.8. The van der Waals surface area contributed by atoms with Gasteiger partial charge in [-0.15, -0.1) is 0 Å². The maximum absolute atomic E-state index is 13.3. The van der Waals surface area contributed by atoms with E-state index < -0.39 is 5.54 Å². The Kier molecular flexibility index (Phi) is 5.78. The zero-order valence-electron chi connectivity index (χ0n) is 18.1. The highest BCUT2D eigenvalue weighted by molar-refractivity contribution is 6.07. The van der Waals surface area contributed by atoms with Gasteiger partial charge in [0, 0.05) is 11.3 Å². The fourth-order valence-corrected chi connectivity index (χ4v) is 4.50. The first-order valence-electron chi connectivity index (χ1n) is 10.8. The van der Waals surface area contributed by atoms with Crippen molar-refractivity contribution in [3.05, 3.63) is 65.7 Å². The summed E-state index contributed by atoms with van der Waals surface area (Å²) in [6.07, 6.45) is 0.511. The lowest BCUT2D eigenvalue weighted by atomic mass is 9.87. The van der Waals surface area contributed by atoms with Crippen molar-refractivity contribution in [2.24, 2.45) is 0 Å². The first-order valence-corrected chi connectivity index (χ1v) is 10.8. The molecule has 2 saturated heterocycles. The lowest BCUT2D eigenvalue weighted by Crippen LogP contribution is -3.16. The third kappa shape index (κ3) is 3.93. The summed E-state index contributed by atoms with van der Waals surface area (Å²) < 4.78 is 0. The molecule has 4 rings (SSSR count). The highest BCUT2D eigenvalue weighted by Crippen LogP contribution is 2.31. The largest absolute Gasteiger partial charge is 0.360 e. The quantitative estimate of drug-likeness (QED) is 0.546. The van der Waals surface area contributed by atoms with Gasteiger partial charge in [-0.05, 0) is 43.2 Å². The van der Waals surface area contributed by atoms with E-state index in [4.69, 9.17) is 0 Å². The van der Waals surface area contributed by atoms with Gasteiger partial charge >= 0.3 is 6.03 Å². The van der Waals surface area contributed by atoms with E-state index in [2.05, 4.69) is 10.2 Å². The van der Waals surface area contributed by atoms with Gasteiger partial charge in [-0.25, -0.2) is 9.69 Å². The second-order valence-corrected chi connectivity index (χ2v) is 8.29. The predicted molar refractivity (Wildman–Crippen MR) is 118 cm³/mol. The number of urea groups is 1. The summed E-state index contributed by atoms with van der Waals surface area (Å²) in [5.41, 5.74) is 1.66. The number of piperazine rings is 1. The average molecular weight is 422 g/mol. The zero-order chi connectivity index (χ0) is 22.0. The van der Waals surface area contributed by atoms with Crippen LogP contribution in [0.2, 0.25) is 0 Å². The molecule has 162 valence electrons. The van der Waals surface area contributed by atoms with E-state index in [0.29, 0.717) is 18.7 Å². The van der Waals surface area contributed by atoms with Gasteiger partial charge in [-0.2, -0.15) is 0 Å². The fraction of sp³-hybridized carbons (Fsp3) is 0.375. The van der Waals surface area contributed by atoms with Crippen molar-refractivity contribution in [3.63, 3.8) is 0 Å². The van der Waals surface area contributed by atoms with Gasteiger partial charge in [0.15, 0.2) is 12.5 Å². The van der Waals surface area contributed by atoms with Crippen LogP contribution in [0.3, 0.4) is 0 Å². The Morgan fingerprint density at radius 3 is 2.26 bits per heavy atom. The van der Waals surface area contributed by atoms with E-state index in [-0.39, 0.29) is 17.7 Å². The minimum Gasteiger partial charge on any atom is -0.360 e. The molecule has 1 atom stereocenters. The minimum atomic E-state index is -0.974. The maximum atomic E-state index is 13.3. The van der Waals surface area contributed by atoms with Crippen LogP contribution in [0.5, 0.6) is 0 Å². The van der Waals surface area contributed by atoms with Gasteiger partial charge < -0.3 is 15.1 Å². The van der Waals surface area contributed by atoms with Crippen molar-refractivity contribution >= 4 is 23.4 Å². The standard InChI is InChI=1S/C24H28N4O3/c1-3-24(20-7-5-4-6-8-20)22(30)28(23(31)25-24)17-26-13-15-27(16-14-26)21-11-9-19(10-12-21)18(2)29/h4-12H,3,13-17H2,1-2H3,(H,25,31)/p+1/t24-/m0/s1. The van der Waals surface area contributed by atoms with E-state index in [0.717, 1.165) is 37.4 Å². The Balaban J connectivity index is 1.40. The van der Waals surface area contributed by atoms with E-state index >= 15 is 0 Å². The van der Waals surface area contributed by atoms with Gasteiger partial charge in [0.05, 0.1) is 26.2 Å². The van der Waals surface area contributed by atoms with E-state index in [1.54, 1.807) is 6.92 Å². The van der Waals surface area contributed by atoms with Gasteiger partial charge in [-0.3, -0.25) is 9.59 Å². The van der Waals surface area contributed by atoms with Gasteiger partial charge in [0.2, 0.25) is 0 Å². The second-order valence-electron chi connectivity index (χ2n) is 8.29. The number of carbonyl (C=O) groups is 3. The van der Waals surface area contributed by atoms with Crippen LogP contribution in [-0.2, 0) is 10.3 Å². The van der Waals surface area contributed by atoms with Crippen molar-refractivity contribution in [3.8, 4) is 0 Å². The molecule has 0 saturated carbocycles. The Labute approximate surface area is 182 Å². The van der Waals surface area contributed by atoms with Crippen LogP contribution >= 0.6 is 0 Å². The third-order valence-corrected chi connectivity index (χ3v) is 6.46. The van der Waals surface area contributed by atoms with E-state index in [1.165, 1.54) is 9.80 Å². The number of benzene rings is 2. The van der Waals surface area contributed by atoms with Crippen LogP contribution < -0.4 is 15.1 Å². The Hall–Kier alpha value is -3.19. The molecule has 2 aliphatic heterocycles. The molecule has 2 aromatic rings. The molecule has 7 nitrogen and oxygen atoms in total. The molecule has 0 radical (unpaired) electrons. The number of anilines is 1. The van der Waals surface area contributed by atoms with Crippen molar-refractivity contribution in [2.75, 3.05) is 37.7 Å². The lowest BCUT2D eigenvalue weighted by Gasteiger charge is -2.35. The number of ketones is 1. The van der Waals surface area contributed by atoms with Gasteiger partial charge in [0.25, 0.3) is 5.91 Å². The fourth-order valence-electron chi connectivity index (χ4n) is 4.50. The summed E-state index contributed by atoms with van der Waals surface area (Å²) in [6.45, 7) is 7.18. The molecule has 2 aromatic carbocycles. The Morgan fingerprint density at radius 2 is 1.68 bits per heavy atom. The number of nitrogens with zero attached hydrogens (tertiary/aromatic N) is 2. The number of hydrogen-bond acceptors (Lipinski definition) is 4. The maximum Gasteiger partial charge on any atom is 0.329 e. The summed E-state index contributed by atoms with van der Waals surface area (Å²) in [7, 11) is 0. The average Bonchev–Trinajstić information content (AvgIpc) is 3.05. The molecule has 0 bridgehead atoms. The molecule has 0 spiro atoms. The molecule has 2 fully saturated rings. The van der Waals surface area contributed by atoms with Crippen LogP contribution in [0.25, 0.3) is 0 Å².